The molecule has 0 saturated heterocycles. The van der Waals surface area contributed by atoms with E-state index in [0.29, 0.717) is 5.56 Å². The van der Waals surface area contributed by atoms with Crippen LogP contribution in [0.2, 0.25) is 5.02 Å². The molecule has 3 rings (SSSR count). The number of fused-ring (bicyclic) bond motifs is 1. The number of rotatable bonds is 2. The smallest absolute Gasteiger partial charge is 0.270 e. The molecular weight excluding hydrogens is 318 g/mol. The van der Waals surface area contributed by atoms with E-state index >= 15 is 0 Å². The number of nitro benzene ring substituents is 1. The summed E-state index contributed by atoms with van der Waals surface area (Å²) in [6.45, 7) is -2.69. The lowest BCUT2D eigenvalue weighted by molar-refractivity contribution is -0.384. The minimum Gasteiger partial charge on any atom is -0.324 e. The van der Waals surface area contributed by atoms with E-state index in [4.69, 9.17) is 15.7 Å². The summed E-state index contributed by atoms with van der Waals surface area (Å²) in [6.07, 6.45) is 0. The fraction of sp³-hybridized carbons (Fsp3) is 0.125. The van der Waals surface area contributed by atoms with Crippen molar-refractivity contribution in [3.05, 3.63) is 68.7 Å². The molecule has 1 amide bonds. The number of aliphatic imine (C=N–C) groups is 1. The normalized spacial score (nSPS) is 19.3. The maximum atomic E-state index is 12.4. The van der Waals surface area contributed by atoms with Gasteiger partial charge in [-0.05, 0) is 19.0 Å². The Balaban J connectivity index is 2.31. The maximum Gasteiger partial charge on any atom is 0.270 e. The monoisotopic (exact) mass is 332 g/mol. The van der Waals surface area contributed by atoms with E-state index in [2.05, 4.69) is 10.3 Å². The molecule has 6 nitrogen and oxygen atoms in total. The molecule has 2 aromatic rings. The molecule has 1 atom stereocenters. The Morgan fingerprint density at radius 1 is 1.30 bits per heavy atom. The quantitative estimate of drug-likeness (QED) is 0.675. The third kappa shape index (κ3) is 2.80. The lowest BCUT2D eigenvalue weighted by Crippen LogP contribution is -2.22. The lowest BCUT2D eigenvalue weighted by Gasteiger charge is -2.11. The minimum atomic E-state index is -2.69. The number of carbonyl (C=O) groups is 1. The van der Waals surface area contributed by atoms with E-state index < -0.39 is 23.7 Å². The van der Waals surface area contributed by atoms with Gasteiger partial charge in [0, 0.05) is 32.4 Å². The summed E-state index contributed by atoms with van der Waals surface area (Å²) in [7, 11) is 0. The van der Waals surface area contributed by atoms with Gasteiger partial charge in [0.15, 0.2) is 0 Å². The van der Waals surface area contributed by atoms with Gasteiger partial charge < -0.3 is 5.32 Å². The number of nitro groups is 1. The molecule has 1 heterocycles. The van der Waals surface area contributed by atoms with Crippen LogP contribution in [0.1, 0.15) is 22.1 Å². The predicted molar refractivity (Wildman–Crippen MR) is 88.3 cm³/mol. The molecule has 1 unspecified atom stereocenters. The van der Waals surface area contributed by atoms with Crippen LogP contribution >= 0.6 is 11.6 Å². The van der Waals surface area contributed by atoms with Crippen molar-refractivity contribution in [3.8, 4) is 0 Å². The van der Waals surface area contributed by atoms with E-state index in [9.17, 15) is 14.9 Å². The lowest BCUT2D eigenvalue weighted by atomic mass is 10.00. The summed E-state index contributed by atoms with van der Waals surface area (Å²) in [5.74, 6) is -0.817. The number of benzodiazepines with no additional fused rings is 1. The van der Waals surface area contributed by atoms with Crippen LogP contribution in [0.25, 0.3) is 0 Å². The second kappa shape index (κ2) is 5.81. The number of anilines is 1. The summed E-state index contributed by atoms with van der Waals surface area (Å²) in [4.78, 5) is 27.0. The Kier molecular flexibility index (Phi) is 2.98. The second-order valence-corrected chi connectivity index (χ2v) is 5.24. The van der Waals surface area contributed by atoms with E-state index in [0.717, 1.165) is 0 Å². The second-order valence-electron chi connectivity index (χ2n) is 4.84. The molecule has 0 radical (unpaired) electrons. The Bertz CT molecular complexity index is 944. The third-order valence-corrected chi connectivity index (χ3v) is 3.69. The highest BCUT2D eigenvalue weighted by atomic mass is 35.5. The Morgan fingerprint density at radius 2 is 2.09 bits per heavy atom. The Labute approximate surface area is 141 Å². The zero-order valence-electron chi connectivity index (χ0n) is 14.6. The van der Waals surface area contributed by atoms with E-state index in [1.165, 1.54) is 18.2 Å². The molecule has 116 valence electrons. The van der Waals surface area contributed by atoms with Crippen molar-refractivity contribution in [2.75, 3.05) is 5.32 Å². The van der Waals surface area contributed by atoms with Crippen molar-refractivity contribution >= 4 is 34.6 Å². The van der Waals surface area contributed by atoms with E-state index in [1.807, 2.05) is 0 Å². The Morgan fingerprint density at radius 3 is 2.78 bits per heavy atom. The van der Waals surface area contributed by atoms with E-state index in [-0.39, 0.29) is 27.7 Å². The molecule has 0 aromatic heterocycles. The molecular formula is C16H12ClN3O3. The van der Waals surface area contributed by atoms with Crippen molar-refractivity contribution in [2.45, 2.75) is 12.9 Å². The number of nitrogens with zero attached hydrogens (tertiary/aromatic N) is 2. The summed E-state index contributed by atoms with van der Waals surface area (Å²) in [5, 5.41) is 13.9. The number of non-ortho nitro benzene ring substituents is 1. The molecule has 7 heteroatoms. The highest BCUT2D eigenvalue weighted by molar-refractivity contribution is 6.36. The van der Waals surface area contributed by atoms with Gasteiger partial charge in [0.1, 0.15) is 6.04 Å². The fourth-order valence-corrected chi connectivity index (χ4v) is 2.50. The van der Waals surface area contributed by atoms with Gasteiger partial charge in [0.05, 0.1) is 16.3 Å². The fourth-order valence-electron chi connectivity index (χ4n) is 2.28. The molecule has 2 aromatic carbocycles. The maximum absolute atomic E-state index is 12.4. The van der Waals surface area contributed by atoms with Crippen LogP contribution in [0.15, 0.2) is 47.5 Å². The Hall–Kier alpha value is -2.73. The van der Waals surface area contributed by atoms with Crippen LogP contribution < -0.4 is 5.32 Å². The van der Waals surface area contributed by atoms with Gasteiger partial charge in [-0.2, -0.15) is 0 Å². The predicted octanol–water partition coefficient (Wildman–Crippen LogP) is 3.43. The first-order chi connectivity index (χ1) is 12.2. The van der Waals surface area contributed by atoms with Gasteiger partial charge in [-0.25, -0.2) is 0 Å². The van der Waals surface area contributed by atoms with Crippen LogP contribution in [0.5, 0.6) is 0 Å². The molecule has 0 saturated carbocycles. The summed E-state index contributed by atoms with van der Waals surface area (Å²) in [5.41, 5.74) is 0.721. The molecule has 1 aliphatic heterocycles. The average Bonchev–Trinajstić information content (AvgIpc) is 2.70. The number of hydrogen-bond donors (Lipinski definition) is 1. The van der Waals surface area contributed by atoms with Gasteiger partial charge >= 0.3 is 0 Å². The van der Waals surface area contributed by atoms with Crippen LogP contribution in [-0.4, -0.2) is 22.6 Å². The first-order valence-corrected chi connectivity index (χ1v) is 6.98. The number of amides is 1. The number of benzene rings is 2. The first kappa shape index (κ1) is 11.8. The molecule has 1 aliphatic rings. The number of hydrogen-bond acceptors (Lipinski definition) is 4. The zero-order chi connectivity index (χ0) is 19.1. The summed E-state index contributed by atoms with van der Waals surface area (Å²) < 4.78 is 22.8. The van der Waals surface area contributed by atoms with Crippen molar-refractivity contribution in [2.24, 2.45) is 4.99 Å². The van der Waals surface area contributed by atoms with Crippen molar-refractivity contribution in [1.82, 2.24) is 0 Å². The highest BCUT2D eigenvalue weighted by Gasteiger charge is 2.25. The SMILES string of the molecule is [2H]C([2H])([2H])C1N=C(c2ccccc2Cl)c2cc([N+](=O)[O-])ccc2NC1=O. The number of carbonyl (C=O) groups excluding carboxylic acids is 1. The van der Waals surface area contributed by atoms with Gasteiger partial charge in [-0.15, -0.1) is 0 Å². The van der Waals surface area contributed by atoms with Gasteiger partial charge in [0.25, 0.3) is 5.69 Å². The summed E-state index contributed by atoms with van der Waals surface area (Å²) in [6, 6.07) is 8.68. The summed E-state index contributed by atoms with van der Waals surface area (Å²) >= 11 is 6.22. The number of halogens is 1. The van der Waals surface area contributed by atoms with Crippen LogP contribution in [0, 0.1) is 10.1 Å². The third-order valence-electron chi connectivity index (χ3n) is 3.36. The first-order valence-electron chi connectivity index (χ1n) is 8.11. The van der Waals surface area contributed by atoms with E-state index in [1.54, 1.807) is 24.3 Å². The van der Waals surface area contributed by atoms with Crippen LogP contribution in [0.3, 0.4) is 0 Å². The molecule has 0 fully saturated rings. The van der Waals surface area contributed by atoms with Gasteiger partial charge in [0.2, 0.25) is 5.91 Å². The zero-order valence-corrected chi connectivity index (χ0v) is 12.4. The molecule has 0 bridgehead atoms. The largest absolute Gasteiger partial charge is 0.324 e. The molecule has 0 spiro atoms. The standard InChI is InChI=1S/C16H12ClN3O3/c1-9-16(21)19-14-7-6-10(20(22)23)8-12(14)15(18-9)11-4-2-3-5-13(11)17/h2-9H,1H3,(H,19,21)/i1D3. The van der Waals surface area contributed by atoms with Crippen LogP contribution in [0.4, 0.5) is 11.4 Å². The van der Waals surface area contributed by atoms with Crippen molar-refractivity contribution in [3.63, 3.8) is 0 Å². The topological polar surface area (TPSA) is 84.6 Å². The number of nitrogens with one attached hydrogen (secondary N) is 1. The van der Waals surface area contributed by atoms with Crippen molar-refractivity contribution < 1.29 is 13.8 Å². The molecule has 1 N–H and O–H groups in total. The average molecular weight is 333 g/mol. The molecule has 23 heavy (non-hydrogen) atoms. The van der Waals surface area contributed by atoms with Gasteiger partial charge in [-0.1, -0.05) is 29.8 Å². The van der Waals surface area contributed by atoms with Crippen LogP contribution in [-0.2, 0) is 4.79 Å². The highest BCUT2D eigenvalue weighted by Crippen LogP contribution is 2.30. The minimum absolute atomic E-state index is 0.105. The molecule has 0 aliphatic carbocycles. The van der Waals surface area contributed by atoms with Crippen molar-refractivity contribution in [1.29, 1.82) is 0 Å². The van der Waals surface area contributed by atoms with Gasteiger partial charge in [-0.3, -0.25) is 19.9 Å².